The molecule has 1 N–H and O–H groups in total. The molecule has 0 saturated carbocycles. The summed E-state index contributed by atoms with van der Waals surface area (Å²) in [5.74, 6) is -0.240. The molecule has 0 saturated heterocycles. The van der Waals surface area contributed by atoms with Crippen LogP contribution in [0.15, 0.2) is 48.5 Å². The van der Waals surface area contributed by atoms with Crippen LogP contribution in [0.25, 0.3) is 22.2 Å². The molecule has 1 heterocycles. The second kappa shape index (κ2) is 8.90. The number of hydrogen-bond acceptors (Lipinski definition) is 3. The van der Waals surface area contributed by atoms with Gasteiger partial charge in [0.05, 0.1) is 29.0 Å². The van der Waals surface area contributed by atoms with Gasteiger partial charge in [-0.1, -0.05) is 18.2 Å². The van der Waals surface area contributed by atoms with E-state index in [1.807, 2.05) is 46.8 Å². The van der Waals surface area contributed by atoms with Crippen molar-refractivity contribution in [3.8, 4) is 11.3 Å². The number of amides is 1. The number of hydrogen-bond donors (Lipinski definition) is 1. The smallest absolute Gasteiger partial charge is 0.374 e. The van der Waals surface area contributed by atoms with Crippen LogP contribution in [-0.4, -0.2) is 29.1 Å². The first-order chi connectivity index (χ1) is 14.8. The Labute approximate surface area is 185 Å². The van der Waals surface area contributed by atoms with Gasteiger partial charge in [0.1, 0.15) is 0 Å². The number of carbonyl (C=O) groups is 1. The van der Waals surface area contributed by atoms with Gasteiger partial charge in [0.15, 0.2) is 0 Å². The van der Waals surface area contributed by atoms with Crippen LogP contribution in [0, 0.1) is 6.92 Å². The molecule has 1 amide bonds. The number of carbonyl (C=O) groups excluding carboxylic acids is 1. The number of rotatable bonds is 5. The van der Waals surface area contributed by atoms with Crippen LogP contribution in [0.3, 0.4) is 0 Å². The monoisotopic (exact) mass is 444 g/mol. The minimum atomic E-state index is -4.39. The van der Waals surface area contributed by atoms with Gasteiger partial charge in [-0.25, -0.2) is 4.98 Å². The minimum absolute atomic E-state index is 0.175. The molecule has 170 valence electrons. The largest absolute Gasteiger partial charge is 0.416 e. The fourth-order valence-electron chi connectivity index (χ4n) is 3.25. The van der Waals surface area contributed by atoms with Crippen molar-refractivity contribution in [3.05, 3.63) is 65.2 Å². The lowest BCUT2D eigenvalue weighted by Crippen LogP contribution is -2.38. The molecular formula is C25H27F3N2O2. The Balaban J connectivity index is 1.85. The zero-order valence-corrected chi connectivity index (χ0v) is 18.8. The molecule has 3 aromatic rings. The highest BCUT2D eigenvalue weighted by Gasteiger charge is 2.30. The number of aromatic nitrogens is 1. The quantitative estimate of drug-likeness (QED) is 0.513. The van der Waals surface area contributed by atoms with E-state index in [1.54, 1.807) is 12.1 Å². The molecule has 0 bridgehead atoms. The van der Waals surface area contributed by atoms with Crippen LogP contribution in [-0.2, 0) is 10.9 Å². The topological polar surface area (TPSA) is 51.2 Å². The summed E-state index contributed by atoms with van der Waals surface area (Å²) < 4.78 is 44.3. The van der Waals surface area contributed by atoms with Gasteiger partial charge in [0, 0.05) is 22.6 Å². The third-order valence-corrected chi connectivity index (χ3v) is 4.93. The summed E-state index contributed by atoms with van der Waals surface area (Å²) in [4.78, 5) is 17.3. The number of aryl methyl sites for hydroxylation is 1. The van der Waals surface area contributed by atoms with Crippen molar-refractivity contribution in [2.75, 3.05) is 6.61 Å². The third-order valence-electron chi connectivity index (χ3n) is 4.93. The highest BCUT2D eigenvalue weighted by molar-refractivity contribution is 5.98. The van der Waals surface area contributed by atoms with Crippen LogP contribution >= 0.6 is 0 Å². The van der Waals surface area contributed by atoms with E-state index in [2.05, 4.69) is 10.3 Å². The molecule has 1 atom stereocenters. The van der Waals surface area contributed by atoms with Crippen molar-refractivity contribution in [2.45, 2.75) is 52.4 Å². The molecule has 32 heavy (non-hydrogen) atoms. The summed E-state index contributed by atoms with van der Waals surface area (Å²) in [6.45, 7) is 10.0. The van der Waals surface area contributed by atoms with E-state index in [-0.39, 0.29) is 17.6 Å². The highest BCUT2D eigenvalue weighted by atomic mass is 19.4. The van der Waals surface area contributed by atoms with Crippen molar-refractivity contribution in [2.24, 2.45) is 0 Å². The van der Waals surface area contributed by atoms with E-state index in [0.29, 0.717) is 28.9 Å². The maximum absolute atomic E-state index is 12.9. The summed E-state index contributed by atoms with van der Waals surface area (Å²) in [6.07, 6.45) is -4.39. The van der Waals surface area contributed by atoms with Gasteiger partial charge >= 0.3 is 6.18 Å². The van der Waals surface area contributed by atoms with Gasteiger partial charge in [0.2, 0.25) is 0 Å². The number of ether oxygens (including phenoxy) is 1. The molecule has 1 aromatic heterocycles. The Morgan fingerprint density at radius 3 is 2.31 bits per heavy atom. The van der Waals surface area contributed by atoms with Gasteiger partial charge in [-0.3, -0.25) is 4.79 Å². The predicted molar refractivity (Wildman–Crippen MR) is 120 cm³/mol. The second-order valence-electron chi connectivity index (χ2n) is 8.93. The average molecular weight is 444 g/mol. The Morgan fingerprint density at radius 2 is 1.72 bits per heavy atom. The maximum atomic E-state index is 12.9. The lowest BCUT2D eigenvalue weighted by molar-refractivity contribution is -0.137. The van der Waals surface area contributed by atoms with Crippen LogP contribution in [0.4, 0.5) is 13.2 Å². The Hall–Kier alpha value is -2.93. The molecule has 3 rings (SSSR count). The number of fused-ring (bicyclic) bond motifs is 1. The first-order valence-electron chi connectivity index (χ1n) is 10.4. The van der Waals surface area contributed by atoms with Crippen molar-refractivity contribution in [3.63, 3.8) is 0 Å². The maximum Gasteiger partial charge on any atom is 0.416 e. The fourth-order valence-corrected chi connectivity index (χ4v) is 3.25. The summed E-state index contributed by atoms with van der Waals surface area (Å²) in [7, 11) is 0. The van der Waals surface area contributed by atoms with Gasteiger partial charge in [-0.15, -0.1) is 0 Å². The molecule has 0 aliphatic carbocycles. The summed E-state index contributed by atoms with van der Waals surface area (Å²) >= 11 is 0. The number of alkyl halides is 3. The van der Waals surface area contributed by atoms with E-state index >= 15 is 0 Å². The molecule has 0 aliphatic heterocycles. The van der Waals surface area contributed by atoms with Crippen LogP contribution in [0.2, 0.25) is 0 Å². The molecule has 4 nitrogen and oxygen atoms in total. The molecule has 2 aromatic carbocycles. The van der Waals surface area contributed by atoms with E-state index in [9.17, 15) is 18.0 Å². The van der Waals surface area contributed by atoms with Gasteiger partial charge < -0.3 is 10.1 Å². The molecule has 0 radical (unpaired) electrons. The van der Waals surface area contributed by atoms with Gasteiger partial charge in [-0.05, 0) is 70.5 Å². The van der Waals surface area contributed by atoms with Crippen LogP contribution in [0.5, 0.6) is 0 Å². The number of nitrogens with zero attached hydrogens (tertiary/aromatic N) is 1. The third kappa shape index (κ3) is 5.85. The SMILES string of the molecule is Cc1cc(-c2ccc(C(F)(F)F)cc2)nc2cc(C(=O)N[C@@H](C)COC(C)(C)C)ccc12. The highest BCUT2D eigenvalue weighted by Crippen LogP contribution is 2.31. The number of halogens is 3. The predicted octanol–water partition coefficient (Wildman–Crippen LogP) is 6.16. The van der Waals surface area contributed by atoms with Crippen molar-refractivity contribution >= 4 is 16.8 Å². The van der Waals surface area contributed by atoms with Crippen molar-refractivity contribution < 1.29 is 22.7 Å². The standard InChI is InChI=1S/C25H27F3N2O2/c1-15-12-21(17-6-9-19(10-7-17)25(26,27)28)30-22-13-18(8-11-20(15)22)23(31)29-16(2)14-32-24(3,4)5/h6-13,16H,14H2,1-5H3,(H,29,31)/t16-/m0/s1. The molecule has 7 heteroatoms. The molecular weight excluding hydrogens is 417 g/mol. The minimum Gasteiger partial charge on any atom is -0.374 e. The first-order valence-corrected chi connectivity index (χ1v) is 10.4. The lowest BCUT2D eigenvalue weighted by atomic mass is 10.0. The molecule has 0 fully saturated rings. The Bertz CT molecular complexity index is 1120. The van der Waals surface area contributed by atoms with Crippen molar-refractivity contribution in [1.29, 1.82) is 0 Å². The normalized spacial score (nSPS) is 13.2. The molecule has 0 aliphatic rings. The number of pyridine rings is 1. The van der Waals surface area contributed by atoms with Gasteiger partial charge in [0.25, 0.3) is 5.91 Å². The Morgan fingerprint density at radius 1 is 1.06 bits per heavy atom. The van der Waals surface area contributed by atoms with E-state index in [4.69, 9.17) is 4.74 Å². The lowest BCUT2D eigenvalue weighted by Gasteiger charge is -2.23. The van der Waals surface area contributed by atoms with E-state index < -0.39 is 11.7 Å². The zero-order chi connectivity index (χ0) is 23.7. The summed E-state index contributed by atoms with van der Waals surface area (Å²) in [5.41, 5.74) is 2.10. The summed E-state index contributed by atoms with van der Waals surface area (Å²) in [6, 6.07) is 11.8. The average Bonchev–Trinajstić information content (AvgIpc) is 2.70. The fraction of sp³-hybridized carbons (Fsp3) is 0.360. The van der Waals surface area contributed by atoms with Crippen molar-refractivity contribution in [1.82, 2.24) is 10.3 Å². The van der Waals surface area contributed by atoms with Crippen LogP contribution < -0.4 is 5.32 Å². The molecule has 0 unspecified atom stereocenters. The van der Waals surface area contributed by atoms with E-state index in [1.165, 1.54) is 12.1 Å². The summed E-state index contributed by atoms with van der Waals surface area (Å²) in [5, 5.41) is 3.79. The molecule has 0 spiro atoms. The Kier molecular flexibility index (Phi) is 6.60. The van der Waals surface area contributed by atoms with Crippen LogP contribution in [0.1, 0.15) is 49.2 Å². The zero-order valence-electron chi connectivity index (χ0n) is 18.8. The number of nitrogens with one attached hydrogen (secondary N) is 1. The van der Waals surface area contributed by atoms with Gasteiger partial charge in [-0.2, -0.15) is 13.2 Å². The second-order valence-corrected chi connectivity index (χ2v) is 8.93. The first kappa shape index (κ1) is 23.7. The number of benzene rings is 2. The van der Waals surface area contributed by atoms with E-state index in [0.717, 1.165) is 23.1 Å².